The van der Waals surface area contributed by atoms with E-state index >= 15 is 0 Å². The second-order valence-corrected chi connectivity index (χ2v) is 4.00. The highest BCUT2D eigenvalue weighted by Gasteiger charge is 2.38. The Balaban J connectivity index is 2.08. The van der Waals surface area contributed by atoms with Crippen molar-refractivity contribution in [2.75, 3.05) is 13.6 Å². The minimum absolute atomic E-state index is 0.00120. The number of hydrogen-bond donors (Lipinski definition) is 1. The first kappa shape index (κ1) is 7.56. The fraction of sp³-hybridized carbons (Fsp3) is 1.00. The monoisotopic (exact) mass is 155 g/mol. The second kappa shape index (κ2) is 2.76. The van der Waals surface area contributed by atoms with Gasteiger partial charge in [0.15, 0.2) is 0 Å². The Morgan fingerprint density at radius 2 is 2.09 bits per heavy atom. The summed E-state index contributed by atoms with van der Waals surface area (Å²) < 4.78 is 0. The lowest BCUT2D eigenvalue weighted by Crippen LogP contribution is -2.46. The van der Waals surface area contributed by atoms with Crippen molar-refractivity contribution in [3.63, 3.8) is 0 Å². The first-order valence-corrected chi connectivity index (χ1v) is 4.67. The highest BCUT2D eigenvalue weighted by Crippen LogP contribution is 2.35. The molecule has 0 radical (unpaired) electrons. The zero-order chi connectivity index (χ0) is 7.84. The Kier molecular flexibility index (Phi) is 1.90. The summed E-state index contributed by atoms with van der Waals surface area (Å²) in [4.78, 5) is 2.42. The highest BCUT2D eigenvalue weighted by molar-refractivity contribution is 4.92. The van der Waals surface area contributed by atoms with Crippen molar-refractivity contribution >= 4 is 0 Å². The molecule has 11 heavy (non-hydrogen) atoms. The zero-order valence-electron chi connectivity index (χ0n) is 7.16. The van der Waals surface area contributed by atoms with Gasteiger partial charge in [0, 0.05) is 18.5 Å². The van der Waals surface area contributed by atoms with Crippen LogP contribution in [-0.4, -0.2) is 35.7 Å². The minimum atomic E-state index is -0.00120. The summed E-state index contributed by atoms with van der Waals surface area (Å²) in [6.07, 6.45) is 4.85. The van der Waals surface area contributed by atoms with Gasteiger partial charge in [-0.05, 0) is 26.3 Å². The minimum Gasteiger partial charge on any atom is -0.393 e. The average Bonchev–Trinajstić information content (AvgIpc) is 2.45. The lowest BCUT2D eigenvalue weighted by atomic mass is 9.90. The van der Waals surface area contributed by atoms with Crippen LogP contribution in [0, 0.1) is 5.92 Å². The second-order valence-electron chi connectivity index (χ2n) is 4.00. The summed E-state index contributed by atoms with van der Waals surface area (Å²) in [5.74, 6) is 0.591. The Hall–Kier alpha value is -0.0800. The first-order valence-electron chi connectivity index (χ1n) is 4.67. The molecule has 2 heteroatoms. The molecule has 2 fully saturated rings. The maximum absolute atomic E-state index is 9.67. The molecule has 0 bridgehead atoms. The number of hydrogen-bond acceptors (Lipinski definition) is 2. The summed E-state index contributed by atoms with van der Waals surface area (Å²) in [6, 6.07) is 0.693. The first-order chi connectivity index (χ1) is 5.29. The Bertz CT molecular complexity index is 132. The van der Waals surface area contributed by atoms with Gasteiger partial charge in [0.25, 0.3) is 0 Å². The summed E-state index contributed by atoms with van der Waals surface area (Å²) in [6.45, 7) is 1.09. The molecule has 0 spiro atoms. The predicted molar refractivity (Wildman–Crippen MR) is 44.4 cm³/mol. The van der Waals surface area contributed by atoms with Crippen LogP contribution in [0.5, 0.6) is 0 Å². The third-order valence-electron chi connectivity index (χ3n) is 3.37. The molecule has 2 aliphatic rings. The summed E-state index contributed by atoms with van der Waals surface area (Å²) in [7, 11) is 2.19. The normalized spacial score (nSPS) is 45.8. The maximum atomic E-state index is 9.67. The lowest BCUT2D eigenvalue weighted by Gasteiger charge is -2.38. The molecule has 0 aromatic rings. The van der Waals surface area contributed by atoms with Gasteiger partial charge in [0.1, 0.15) is 0 Å². The van der Waals surface area contributed by atoms with Gasteiger partial charge in [-0.15, -0.1) is 0 Å². The van der Waals surface area contributed by atoms with Gasteiger partial charge in [-0.2, -0.15) is 0 Å². The molecular formula is C9H17NO. The van der Waals surface area contributed by atoms with Crippen molar-refractivity contribution in [3.8, 4) is 0 Å². The van der Waals surface area contributed by atoms with Crippen molar-refractivity contribution < 1.29 is 5.11 Å². The van der Waals surface area contributed by atoms with Crippen LogP contribution in [0.4, 0.5) is 0 Å². The molecule has 0 aromatic heterocycles. The molecule has 1 aliphatic heterocycles. The Labute approximate surface area is 68.2 Å². The van der Waals surface area contributed by atoms with Crippen LogP contribution < -0.4 is 0 Å². The van der Waals surface area contributed by atoms with E-state index in [2.05, 4.69) is 11.9 Å². The summed E-state index contributed by atoms with van der Waals surface area (Å²) in [5.41, 5.74) is 0. The molecule has 2 rings (SSSR count). The SMILES string of the molecule is CN1CC[C@H](O)[C@@H]2CCC[C@H]21. The quantitative estimate of drug-likeness (QED) is 0.560. The largest absolute Gasteiger partial charge is 0.393 e. The number of nitrogens with zero attached hydrogens (tertiary/aromatic N) is 1. The van der Waals surface area contributed by atoms with Crippen molar-refractivity contribution in [1.29, 1.82) is 0 Å². The third-order valence-corrected chi connectivity index (χ3v) is 3.37. The molecule has 64 valence electrons. The number of rotatable bonds is 0. The standard InChI is InChI=1S/C9H17NO/c1-10-6-5-9(11)7-3-2-4-8(7)10/h7-9,11H,2-6H2,1H3/t7-,8-,9+/m1/s1. The van der Waals surface area contributed by atoms with E-state index in [-0.39, 0.29) is 6.10 Å². The molecule has 1 saturated heterocycles. The molecule has 2 nitrogen and oxygen atoms in total. The van der Waals surface area contributed by atoms with Crippen LogP contribution in [0.2, 0.25) is 0 Å². The maximum Gasteiger partial charge on any atom is 0.0595 e. The molecular weight excluding hydrogens is 138 g/mol. The Morgan fingerprint density at radius 1 is 1.27 bits per heavy atom. The van der Waals surface area contributed by atoms with E-state index in [1.54, 1.807) is 0 Å². The number of aliphatic hydroxyl groups excluding tert-OH is 1. The van der Waals surface area contributed by atoms with Gasteiger partial charge in [0.2, 0.25) is 0 Å². The van der Waals surface area contributed by atoms with Gasteiger partial charge in [-0.25, -0.2) is 0 Å². The molecule has 1 N–H and O–H groups in total. The van der Waals surface area contributed by atoms with E-state index < -0.39 is 0 Å². The van der Waals surface area contributed by atoms with E-state index in [9.17, 15) is 5.11 Å². The van der Waals surface area contributed by atoms with Gasteiger partial charge < -0.3 is 10.0 Å². The molecule has 0 amide bonds. The van der Waals surface area contributed by atoms with E-state index in [1.807, 2.05) is 0 Å². The molecule has 0 aromatic carbocycles. The summed E-state index contributed by atoms with van der Waals surface area (Å²) in [5, 5.41) is 9.67. The van der Waals surface area contributed by atoms with Gasteiger partial charge in [0.05, 0.1) is 6.10 Å². The molecule has 1 heterocycles. The van der Waals surface area contributed by atoms with E-state index in [0.717, 1.165) is 13.0 Å². The highest BCUT2D eigenvalue weighted by atomic mass is 16.3. The number of aliphatic hydroxyl groups is 1. The summed E-state index contributed by atoms with van der Waals surface area (Å²) >= 11 is 0. The van der Waals surface area contributed by atoms with Crippen LogP contribution in [0.25, 0.3) is 0 Å². The van der Waals surface area contributed by atoms with Crippen molar-refractivity contribution in [1.82, 2.24) is 4.90 Å². The van der Waals surface area contributed by atoms with Crippen LogP contribution in [-0.2, 0) is 0 Å². The van der Waals surface area contributed by atoms with Crippen LogP contribution in [0.15, 0.2) is 0 Å². The smallest absolute Gasteiger partial charge is 0.0595 e. The molecule has 3 atom stereocenters. The van der Waals surface area contributed by atoms with Crippen molar-refractivity contribution in [3.05, 3.63) is 0 Å². The van der Waals surface area contributed by atoms with Gasteiger partial charge in [-0.1, -0.05) is 6.42 Å². The van der Waals surface area contributed by atoms with E-state index in [4.69, 9.17) is 0 Å². The van der Waals surface area contributed by atoms with Crippen LogP contribution >= 0.6 is 0 Å². The number of fused-ring (bicyclic) bond motifs is 1. The average molecular weight is 155 g/mol. The van der Waals surface area contributed by atoms with Gasteiger partial charge >= 0.3 is 0 Å². The van der Waals surface area contributed by atoms with Crippen molar-refractivity contribution in [2.45, 2.75) is 37.8 Å². The molecule has 1 saturated carbocycles. The van der Waals surface area contributed by atoms with Crippen LogP contribution in [0.3, 0.4) is 0 Å². The number of likely N-dealkylation sites (tertiary alicyclic amines) is 1. The fourth-order valence-electron chi connectivity index (χ4n) is 2.68. The van der Waals surface area contributed by atoms with E-state index in [0.29, 0.717) is 12.0 Å². The molecule has 1 aliphatic carbocycles. The molecule has 0 unspecified atom stereocenters. The van der Waals surface area contributed by atoms with Crippen LogP contribution in [0.1, 0.15) is 25.7 Å². The topological polar surface area (TPSA) is 23.5 Å². The fourth-order valence-corrected chi connectivity index (χ4v) is 2.68. The predicted octanol–water partition coefficient (Wildman–Crippen LogP) is 0.851. The van der Waals surface area contributed by atoms with E-state index in [1.165, 1.54) is 19.3 Å². The van der Waals surface area contributed by atoms with Gasteiger partial charge in [-0.3, -0.25) is 0 Å². The zero-order valence-corrected chi connectivity index (χ0v) is 7.16. The van der Waals surface area contributed by atoms with Crippen molar-refractivity contribution in [2.24, 2.45) is 5.92 Å². The number of piperidine rings is 1. The third kappa shape index (κ3) is 1.18. The lowest BCUT2D eigenvalue weighted by molar-refractivity contribution is 0.00996. The Morgan fingerprint density at radius 3 is 2.82 bits per heavy atom.